The number of anilines is 1. The Labute approximate surface area is 183 Å². The van der Waals surface area contributed by atoms with E-state index in [0.717, 1.165) is 22.0 Å². The minimum absolute atomic E-state index is 0.0693. The van der Waals surface area contributed by atoms with Gasteiger partial charge in [-0.1, -0.05) is 17.7 Å². The summed E-state index contributed by atoms with van der Waals surface area (Å²) >= 11 is 6.02. The molecule has 3 aromatic rings. The highest BCUT2D eigenvalue weighted by Gasteiger charge is 2.28. The van der Waals surface area contributed by atoms with Crippen molar-refractivity contribution in [3.63, 3.8) is 0 Å². The highest BCUT2D eigenvalue weighted by molar-refractivity contribution is 6.31. The number of nitrogens with one attached hydrogen (secondary N) is 3. The molecule has 4 rings (SSSR count). The maximum atomic E-state index is 13.5. The van der Waals surface area contributed by atoms with Gasteiger partial charge in [-0.2, -0.15) is 5.10 Å². The number of aromatic nitrogens is 2. The number of H-pyrrole nitrogens is 1. The fraction of sp³-hybridized carbons (Fsp3) is 0.318. The quantitative estimate of drug-likeness (QED) is 0.366. The van der Waals surface area contributed by atoms with Gasteiger partial charge in [0.05, 0.1) is 17.7 Å². The zero-order valence-electron chi connectivity index (χ0n) is 17.2. The van der Waals surface area contributed by atoms with Crippen LogP contribution in [0.4, 0.5) is 10.2 Å². The number of hydrogen-bond acceptors (Lipinski definition) is 4. The SMILES string of the molecule is CC(C)(O)CN=C(NC(=O)C1Cc2ccc(F)cc2C1)Nc1n[nH]c2cc(Cl)ccc12. The first kappa shape index (κ1) is 21.3. The number of hydrogen-bond donors (Lipinski definition) is 4. The molecule has 0 saturated carbocycles. The van der Waals surface area contributed by atoms with Crippen LogP contribution < -0.4 is 10.6 Å². The van der Waals surface area contributed by atoms with E-state index in [1.807, 2.05) is 0 Å². The number of carbonyl (C=O) groups excluding carboxylic acids is 1. The number of nitrogens with zero attached hydrogens (tertiary/aromatic N) is 2. The van der Waals surface area contributed by atoms with Gasteiger partial charge in [0, 0.05) is 16.3 Å². The second kappa shape index (κ2) is 8.28. The van der Waals surface area contributed by atoms with Crippen LogP contribution in [0, 0.1) is 11.7 Å². The molecule has 0 bridgehead atoms. The van der Waals surface area contributed by atoms with Gasteiger partial charge in [-0.15, -0.1) is 0 Å². The summed E-state index contributed by atoms with van der Waals surface area (Å²) < 4.78 is 13.5. The topological polar surface area (TPSA) is 102 Å². The van der Waals surface area contributed by atoms with Crippen LogP contribution in [0.2, 0.25) is 5.02 Å². The predicted molar refractivity (Wildman–Crippen MR) is 119 cm³/mol. The van der Waals surface area contributed by atoms with Gasteiger partial charge in [0.25, 0.3) is 0 Å². The Kier molecular flexibility index (Phi) is 5.68. The maximum Gasteiger partial charge on any atom is 0.230 e. The molecule has 1 unspecified atom stereocenters. The van der Waals surface area contributed by atoms with Crippen LogP contribution in [-0.2, 0) is 17.6 Å². The van der Waals surface area contributed by atoms with E-state index in [4.69, 9.17) is 11.6 Å². The van der Waals surface area contributed by atoms with E-state index in [9.17, 15) is 14.3 Å². The lowest BCUT2D eigenvalue weighted by molar-refractivity contribution is -0.123. The number of halogens is 2. The Morgan fingerprint density at radius 2 is 2.06 bits per heavy atom. The lowest BCUT2D eigenvalue weighted by Gasteiger charge is -2.17. The summed E-state index contributed by atoms with van der Waals surface area (Å²) in [6, 6.07) is 9.90. The number of aliphatic imine (C=N–C) groups is 1. The second-order valence-corrected chi connectivity index (χ2v) is 8.81. The summed E-state index contributed by atoms with van der Waals surface area (Å²) in [5.41, 5.74) is 1.49. The predicted octanol–water partition coefficient (Wildman–Crippen LogP) is 3.43. The summed E-state index contributed by atoms with van der Waals surface area (Å²) in [6.07, 6.45) is 0.992. The third-order valence-corrected chi connectivity index (χ3v) is 5.33. The van der Waals surface area contributed by atoms with E-state index in [1.165, 1.54) is 12.1 Å². The number of carbonyl (C=O) groups is 1. The number of guanidine groups is 1. The Hall–Kier alpha value is -2.97. The standard InChI is InChI=1S/C22H23ClFN5O2/c1-22(2,31)11-25-21(26-19-17-6-4-15(23)10-18(17)28-29-19)27-20(30)14-7-12-3-5-16(24)9-13(12)8-14/h3-6,9-10,14,31H,7-8,11H2,1-2H3,(H3,25,26,27,28,29,30). The van der Waals surface area contributed by atoms with Gasteiger partial charge in [-0.25, -0.2) is 9.38 Å². The van der Waals surface area contributed by atoms with Crippen molar-refractivity contribution in [3.8, 4) is 0 Å². The van der Waals surface area contributed by atoms with Crippen molar-refractivity contribution in [1.29, 1.82) is 0 Å². The van der Waals surface area contributed by atoms with Gasteiger partial charge in [-0.05, 0) is 68.1 Å². The largest absolute Gasteiger partial charge is 0.389 e. The molecule has 2 aromatic carbocycles. The average Bonchev–Trinajstić information content (AvgIpc) is 3.29. The zero-order chi connectivity index (χ0) is 22.2. The molecule has 1 heterocycles. The van der Waals surface area contributed by atoms with E-state index in [-0.39, 0.29) is 30.1 Å². The Morgan fingerprint density at radius 3 is 2.84 bits per heavy atom. The van der Waals surface area contributed by atoms with Crippen LogP contribution in [0.1, 0.15) is 25.0 Å². The van der Waals surface area contributed by atoms with Gasteiger partial charge >= 0.3 is 0 Å². The second-order valence-electron chi connectivity index (χ2n) is 8.37. The molecule has 162 valence electrons. The van der Waals surface area contributed by atoms with Crippen molar-refractivity contribution in [2.24, 2.45) is 10.9 Å². The Bertz CT molecular complexity index is 1170. The molecular formula is C22H23ClFN5O2. The normalized spacial score (nSPS) is 16.4. The van der Waals surface area contributed by atoms with Crippen molar-refractivity contribution in [2.45, 2.75) is 32.3 Å². The first-order valence-electron chi connectivity index (χ1n) is 9.93. The fourth-order valence-corrected chi connectivity index (χ4v) is 3.75. The molecule has 4 N–H and O–H groups in total. The number of benzene rings is 2. The van der Waals surface area contributed by atoms with Gasteiger partial charge < -0.3 is 10.4 Å². The van der Waals surface area contributed by atoms with Crippen LogP contribution in [0.25, 0.3) is 10.9 Å². The van der Waals surface area contributed by atoms with Crippen LogP contribution >= 0.6 is 11.6 Å². The number of fused-ring (bicyclic) bond motifs is 2. The third-order valence-electron chi connectivity index (χ3n) is 5.10. The Morgan fingerprint density at radius 1 is 1.29 bits per heavy atom. The lowest BCUT2D eigenvalue weighted by Crippen LogP contribution is -2.41. The number of aromatic amines is 1. The first-order chi connectivity index (χ1) is 14.7. The smallest absolute Gasteiger partial charge is 0.230 e. The van der Waals surface area contributed by atoms with Crippen molar-refractivity contribution in [1.82, 2.24) is 15.5 Å². The Balaban J connectivity index is 1.53. The molecule has 7 nitrogen and oxygen atoms in total. The molecule has 1 atom stereocenters. The van der Waals surface area contributed by atoms with Crippen LogP contribution in [0.15, 0.2) is 41.4 Å². The third kappa shape index (κ3) is 5.03. The van der Waals surface area contributed by atoms with E-state index in [0.29, 0.717) is 23.7 Å². The molecule has 0 saturated heterocycles. The summed E-state index contributed by atoms with van der Waals surface area (Å²) in [7, 11) is 0. The van der Waals surface area contributed by atoms with Crippen molar-refractivity contribution in [3.05, 3.63) is 58.4 Å². The van der Waals surface area contributed by atoms with Gasteiger partial charge in [0.1, 0.15) is 5.82 Å². The first-order valence-corrected chi connectivity index (χ1v) is 10.3. The van der Waals surface area contributed by atoms with E-state index in [2.05, 4.69) is 25.8 Å². The molecular weight excluding hydrogens is 421 g/mol. The lowest BCUT2D eigenvalue weighted by atomic mass is 10.1. The molecule has 1 aliphatic carbocycles. The number of amides is 1. The zero-order valence-corrected chi connectivity index (χ0v) is 17.9. The molecule has 0 fully saturated rings. The number of rotatable bonds is 4. The summed E-state index contributed by atoms with van der Waals surface area (Å²) in [6.45, 7) is 3.33. The van der Waals surface area contributed by atoms with E-state index < -0.39 is 5.60 Å². The molecule has 9 heteroatoms. The van der Waals surface area contributed by atoms with E-state index >= 15 is 0 Å². The minimum atomic E-state index is -1.06. The van der Waals surface area contributed by atoms with Gasteiger partial charge in [-0.3, -0.25) is 15.2 Å². The molecule has 1 amide bonds. The molecule has 1 aliphatic rings. The molecule has 0 aliphatic heterocycles. The van der Waals surface area contributed by atoms with Crippen LogP contribution in [-0.4, -0.2) is 39.3 Å². The number of aliphatic hydroxyl groups is 1. The molecule has 0 radical (unpaired) electrons. The molecule has 31 heavy (non-hydrogen) atoms. The van der Waals surface area contributed by atoms with Crippen molar-refractivity contribution >= 4 is 40.2 Å². The highest BCUT2D eigenvalue weighted by Crippen LogP contribution is 2.28. The summed E-state index contributed by atoms with van der Waals surface area (Å²) in [5.74, 6) is -0.225. The van der Waals surface area contributed by atoms with Gasteiger partial charge in [0.15, 0.2) is 5.82 Å². The maximum absolute atomic E-state index is 13.5. The van der Waals surface area contributed by atoms with Gasteiger partial charge in [0.2, 0.25) is 11.9 Å². The molecule has 0 spiro atoms. The fourth-order valence-electron chi connectivity index (χ4n) is 3.57. The van der Waals surface area contributed by atoms with Crippen LogP contribution in [0.3, 0.4) is 0 Å². The summed E-state index contributed by atoms with van der Waals surface area (Å²) in [5, 5.41) is 24.4. The average molecular weight is 444 g/mol. The summed E-state index contributed by atoms with van der Waals surface area (Å²) in [4.78, 5) is 17.3. The van der Waals surface area contributed by atoms with Crippen LogP contribution in [0.5, 0.6) is 0 Å². The minimum Gasteiger partial charge on any atom is -0.389 e. The van der Waals surface area contributed by atoms with Crippen molar-refractivity contribution < 1.29 is 14.3 Å². The van der Waals surface area contributed by atoms with Crippen molar-refractivity contribution in [2.75, 3.05) is 11.9 Å². The molecule has 1 aromatic heterocycles. The highest BCUT2D eigenvalue weighted by atomic mass is 35.5. The van der Waals surface area contributed by atoms with E-state index in [1.54, 1.807) is 38.1 Å². The monoisotopic (exact) mass is 443 g/mol.